The normalized spacial score (nSPS) is 27.7. The summed E-state index contributed by atoms with van der Waals surface area (Å²) in [6.07, 6.45) is 8.87. The molecule has 0 radical (unpaired) electrons. The molecule has 1 fully saturated rings. The summed E-state index contributed by atoms with van der Waals surface area (Å²) in [4.78, 5) is 12.7. The summed E-state index contributed by atoms with van der Waals surface area (Å²) in [5.74, 6) is 1.06. The summed E-state index contributed by atoms with van der Waals surface area (Å²) < 4.78 is 11.8. The van der Waals surface area contributed by atoms with Crippen molar-refractivity contribution in [3.8, 4) is 0 Å². The van der Waals surface area contributed by atoms with Crippen LogP contribution in [0.25, 0.3) is 0 Å². The van der Waals surface area contributed by atoms with Gasteiger partial charge in [0, 0.05) is 25.2 Å². The van der Waals surface area contributed by atoms with E-state index in [4.69, 9.17) is 9.47 Å². The van der Waals surface area contributed by atoms with E-state index in [1.165, 1.54) is 19.3 Å². The zero-order chi connectivity index (χ0) is 18.2. The van der Waals surface area contributed by atoms with Crippen LogP contribution in [0.15, 0.2) is 11.8 Å². The zero-order valence-electron chi connectivity index (χ0n) is 16.0. The second-order valence-corrected chi connectivity index (χ2v) is 7.63. The van der Waals surface area contributed by atoms with Crippen molar-refractivity contribution in [2.45, 2.75) is 78.0 Å². The number of carbonyl (C=O) groups is 1. The molecule has 0 unspecified atom stereocenters. The third-order valence-corrected chi connectivity index (χ3v) is 5.39. The van der Waals surface area contributed by atoms with E-state index in [1.54, 1.807) is 0 Å². The Hall–Kier alpha value is -1.07. The molecule has 0 bridgehead atoms. The number of nitrogens with one attached hydrogen (secondary N) is 1. The first-order valence-electron chi connectivity index (χ1n) is 9.98. The van der Waals surface area contributed by atoms with Gasteiger partial charge in [-0.05, 0) is 50.5 Å². The molecule has 1 saturated carbocycles. The highest BCUT2D eigenvalue weighted by Gasteiger charge is 2.38. The lowest BCUT2D eigenvalue weighted by Gasteiger charge is -2.38. The van der Waals surface area contributed by atoms with Crippen LogP contribution in [-0.4, -0.2) is 36.6 Å². The fraction of sp³-hybridized carbons (Fsp3) is 0.850. The maximum Gasteiger partial charge on any atom is 0.286 e. The lowest BCUT2D eigenvalue weighted by molar-refractivity contribution is -0.175. The van der Waals surface area contributed by atoms with Crippen molar-refractivity contribution in [2.24, 2.45) is 17.8 Å². The highest BCUT2D eigenvalue weighted by Crippen LogP contribution is 2.37. The van der Waals surface area contributed by atoms with E-state index in [1.807, 2.05) is 13.0 Å². The summed E-state index contributed by atoms with van der Waals surface area (Å²) in [6.45, 7) is 6.98. The van der Waals surface area contributed by atoms with Gasteiger partial charge in [-0.1, -0.05) is 33.1 Å². The van der Waals surface area contributed by atoms with E-state index in [9.17, 15) is 9.90 Å². The molecule has 0 aromatic rings. The molecule has 2 N–H and O–H groups in total. The van der Waals surface area contributed by atoms with Gasteiger partial charge in [-0.2, -0.15) is 0 Å². The van der Waals surface area contributed by atoms with Crippen molar-refractivity contribution in [2.75, 3.05) is 13.2 Å². The predicted octanol–water partition coefficient (Wildman–Crippen LogP) is 3.37. The van der Waals surface area contributed by atoms with Gasteiger partial charge in [-0.25, -0.2) is 0 Å². The predicted molar refractivity (Wildman–Crippen MR) is 97.7 cm³/mol. The fourth-order valence-electron chi connectivity index (χ4n) is 4.03. The molecule has 1 aliphatic carbocycles. The van der Waals surface area contributed by atoms with E-state index in [0.717, 1.165) is 25.7 Å². The van der Waals surface area contributed by atoms with E-state index < -0.39 is 6.29 Å². The molecule has 5 nitrogen and oxygen atoms in total. The smallest absolute Gasteiger partial charge is 0.286 e. The molecule has 0 spiro atoms. The van der Waals surface area contributed by atoms with Crippen LogP contribution in [-0.2, 0) is 14.3 Å². The van der Waals surface area contributed by atoms with E-state index in [2.05, 4.69) is 19.2 Å². The van der Waals surface area contributed by atoms with Gasteiger partial charge in [0.25, 0.3) is 5.91 Å². The Balaban J connectivity index is 2.11. The topological polar surface area (TPSA) is 67.8 Å². The quantitative estimate of drug-likeness (QED) is 0.702. The van der Waals surface area contributed by atoms with Gasteiger partial charge >= 0.3 is 0 Å². The standard InChI is InChI=1S/C20H35NO4/c1-4-24-20-16(11-8-12-22)17(14(2)3)13-18(25-20)19(23)21-15-9-6-5-7-10-15/h13-17,20,22H,4-12H2,1-3H3,(H,21,23)/t16-,17+,20+/m1/s1. The van der Waals surface area contributed by atoms with E-state index >= 15 is 0 Å². The van der Waals surface area contributed by atoms with Gasteiger partial charge in [0.1, 0.15) is 0 Å². The number of aliphatic hydroxyl groups excluding tert-OH is 1. The first-order valence-corrected chi connectivity index (χ1v) is 9.98. The monoisotopic (exact) mass is 353 g/mol. The summed E-state index contributed by atoms with van der Waals surface area (Å²) in [5, 5.41) is 12.3. The van der Waals surface area contributed by atoms with Crippen molar-refractivity contribution in [3.63, 3.8) is 0 Å². The average Bonchev–Trinajstić information content (AvgIpc) is 2.61. The van der Waals surface area contributed by atoms with E-state index in [0.29, 0.717) is 18.3 Å². The van der Waals surface area contributed by atoms with Crippen LogP contribution in [0, 0.1) is 17.8 Å². The molecule has 25 heavy (non-hydrogen) atoms. The Labute approximate surface area is 152 Å². The van der Waals surface area contributed by atoms with Crippen molar-refractivity contribution >= 4 is 5.91 Å². The van der Waals surface area contributed by atoms with Gasteiger partial charge in [0.2, 0.25) is 6.29 Å². The number of amides is 1. The van der Waals surface area contributed by atoms with Crippen LogP contribution < -0.4 is 5.32 Å². The molecule has 0 saturated heterocycles. The minimum Gasteiger partial charge on any atom is -0.459 e. The number of ether oxygens (including phenoxy) is 2. The molecule has 2 aliphatic rings. The minimum atomic E-state index is -0.416. The largest absolute Gasteiger partial charge is 0.459 e. The van der Waals surface area contributed by atoms with Gasteiger partial charge in [0.05, 0.1) is 0 Å². The Bertz CT molecular complexity index is 443. The number of hydrogen-bond donors (Lipinski definition) is 2. The molecule has 5 heteroatoms. The Kier molecular flexibility index (Phi) is 8.24. The molecule has 144 valence electrons. The fourth-order valence-corrected chi connectivity index (χ4v) is 4.03. The second kappa shape index (κ2) is 10.2. The van der Waals surface area contributed by atoms with Crippen LogP contribution >= 0.6 is 0 Å². The molecular weight excluding hydrogens is 318 g/mol. The number of carbonyl (C=O) groups excluding carboxylic acids is 1. The van der Waals surface area contributed by atoms with Crippen LogP contribution in [0.3, 0.4) is 0 Å². The van der Waals surface area contributed by atoms with Crippen LogP contribution in [0.4, 0.5) is 0 Å². The number of rotatable bonds is 8. The molecule has 1 heterocycles. The Morgan fingerprint density at radius 1 is 1.36 bits per heavy atom. The molecule has 1 aliphatic heterocycles. The van der Waals surface area contributed by atoms with Crippen LogP contribution in [0.2, 0.25) is 0 Å². The molecule has 1 amide bonds. The Morgan fingerprint density at radius 3 is 2.68 bits per heavy atom. The van der Waals surface area contributed by atoms with Gasteiger partial charge in [-0.3, -0.25) is 4.79 Å². The Morgan fingerprint density at radius 2 is 2.08 bits per heavy atom. The van der Waals surface area contributed by atoms with Gasteiger partial charge in [0.15, 0.2) is 5.76 Å². The van der Waals surface area contributed by atoms with Gasteiger partial charge in [-0.15, -0.1) is 0 Å². The van der Waals surface area contributed by atoms with Crippen LogP contribution in [0.5, 0.6) is 0 Å². The number of aliphatic hydroxyl groups is 1. The lowest BCUT2D eigenvalue weighted by Crippen LogP contribution is -2.43. The van der Waals surface area contributed by atoms with Crippen molar-refractivity contribution in [1.82, 2.24) is 5.32 Å². The SMILES string of the molecule is CCO[C@H]1OC(C(=O)NC2CCCCC2)=C[C@@H](C(C)C)[C@H]1CCCO. The molecule has 0 aromatic heterocycles. The molecule has 0 aromatic carbocycles. The van der Waals surface area contributed by atoms with E-state index in [-0.39, 0.29) is 30.4 Å². The third kappa shape index (κ3) is 5.71. The highest BCUT2D eigenvalue weighted by atomic mass is 16.7. The summed E-state index contributed by atoms with van der Waals surface area (Å²) in [5.41, 5.74) is 0. The summed E-state index contributed by atoms with van der Waals surface area (Å²) in [7, 11) is 0. The first-order chi connectivity index (χ1) is 12.1. The van der Waals surface area contributed by atoms with Crippen molar-refractivity contribution < 1.29 is 19.4 Å². The number of allylic oxidation sites excluding steroid dienone is 1. The summed E-state index contributed by atoms with van der Waals surface area (Å²) in [6, 6.07) is 0.265. The first kappa shape index (κ1) is 20.2. The van der Waals surface area contributed by atoms with Crippen molar-refractivity contribution in [3.05, 3.63) is 11.8 Å². The lowest BCUT2D eigenvalue weighted by atomic mass is 9.78. The second-order valence-electron chi connectivity index (χ2n) is 7.63. The highest BCUT2D eigenvalue weighted by molar-refractivity contribution is 5.91. The molecule has 3 atom stereocenters. The van der Waals surface area contributed by atoms with Crippen LogP contribution in [0.1, 0.15) is 65.7 Å². The molecular formula is C20H35NO4. The van der Waals surface area contributed by atoms with Crippen molar-refractivity contribution in [1.29, 1.82) is 0 Å². The maximum absolute atomic E-state index is 12.7. The maximum atomic E-state index is 12.7. The zero-order valence-corrected chi connectivity index (χ0v) is 16.0. The van der Waals surface area contributed by atoms with Gasteiger partial charge < -0.3 is 19.9 Å². The minimum absolute atomic E-state index is 0.108. The number of hydrogen-bond acceptors (Lipinski definition) is 4. The average molecular weight is 354 g/mol. The third-order valence-electron chi connectivity index (χ3n) is 5.39. The summed E-state index contributed by atoms with van der Waals surface area (Å²) >= 11 is 0. The molecule has 2 rings (SSSR count).